The number of aromatic hydroxyl groups is 2. The number of nitrogen functional groups attached to an aromatic ring is 1. The number of benzene rings is 3. The number of ether oxygens (including phenoxy) is 6. The van der Waals surface area contributed by atoms with E-state index in [4.69, 9.17) is 62.8 Å². The summed E-state index contributed by atoms with van der Waals surface area (Å²) >= 11 is 12.3. The van der Waals surface area contributed by atoms with E-state index in [0.717, 1.165) is 60.2 Å². The van der Waals surface area contributed by atoms with Crippen LogP contribution in [0.1, 0.15) is 87.9 Å². The maximum atomic E-state index is 12.9. The number of fused-ring (bicyclic) bond motifs is 3. The van der Waals surface area contributed by atoms with Gasteiger partial charge in [-0.05, 0) is 178 Å². The van der Waals surface area contributed by atoms with E-state index in [2.05, 4.69) is 118 Å². The Morgan fingerprint density at radius 3 is 1.28 bits per heavy atom. The topological polar surface area (TPSA) is 480 Å². The number of anilines is 1. The Bertz CT molecular complexity index is 6170. The minimum Gasteiger partial charge on any atom is -0.504 e. The molecule has 0 spiro atoms. The molecule has 10 aromatic heterocycles. The van der Waals surface area contributed by atoms with Crippen molar-refractivity contribution < 1.29 is 153 Å². The number of pyridine rings is 5. The molecule has 0 atom stereocenters. The number of oxazole rings is 3. The molecule has 1 aliphatic heterocycles. The number of hydrogen-bond acceptors (Lipinski definition) is 28. The zero-order chi connectivity index (χ0) is 93.3. The number of nitrogens with two attached hydrogens (primary N) is 1. The number of rotatable bonds is 15. The summed E-state index contributed by atoms with van der Waals surface area (Å²) in [5.74, 6) is -1.73. The van der Waals surface area contributed by atoms with Crippen LogP contribution in [-0.2, 0) is 74.7 Å². The molecule has 54 heteroatoms. The number of nitrogens with zero attached hydrogens (tertiary/aromatic N) is 10. The van der Waals surface area contributed by atoms with E-state index in [1.807, 2.05) is 61.7 Å². The number of nitro groups is 1. The van der Waals surface area contributed by atoms with Crippen molar-refractivity contribution in [1.29, 1.82) is 0 Å². The van der Waals surface area contributed by atoms with Crippen LogP contribution in [0.2, 0.25) is 0 Å². The number of H-pyrrole nitrogens is 3. The van der Waals surface area contributed by atoms with Gasteiger partial charge in [-0.1, -0.05) is 27.0 Å². The SMILES string of the molecule is C.C.CCOC(C)(OCC)OCC.Cc1nc2c(=O)[nH]cc(Br)c2o1.Cc1nc2c(=O)n(-c3ccc(OC(F)(F)F)cc3)cc(-c3cnn(C)c3)c2o1.Cc1nc2c(=O)n(-c3ccc(OC(F)(F)F)cc3)cc(Br)c2o1.Cl.Cn1cc(B2OC(C)(C)C(C)(C)O2)cn1.Nc1c(O)c(Br)c[nH]c1=O.O=c1[nH]cc(Br)c(O)c1[N+](=O)[O-].OB(O)c1ccc(OC(F)(F)F)cc1.[CH3-].[CH3-].[V].[V]. The van der Waals surface area contributed by atoms with E-state index in [-0.39, 0.29) is 147 Å². The van der Waals surface area contributed by atoms with Gasteiger partial charge in [0.2, 0.25) is 5.75 Å². The van der Waals surface area contributed by atoms with E-state index in [0.29, 0.717) is 95.7 Å². The number of halogens is 14. The summed E-state index contributed by atoms with van der Waals surface area (Å²) in [6.07, 6.45) is -0.219. The van der Waals surface area contributed by atoms with Crippen LogP contribution >= 0.6 is 76.1 Å². The maximum Gasteiger partial charge on any atom is 0.573 e. The Balaban J connectivity index is 0.00000151. The molecule has 0 bridgehead atoms. The van der Waals surface area contributed by atoms with Gasteiger partial charge in [-0.3, -0.25) is 52.6 Å². The first-order chi connectivity index (χ1) is 58.2. The molecule has 14 rings (SSSR count). The second-order valence-corrected chi connectivity index (χ2v) is 29.8. The zero-order valence-electron chi connectivity index (χ0n) is 70.8. The molecule has 1 fully saturated rings. The van der Waals surface area contributed by atoms with Gasteiger partial charge in [-0.25, -0.2) is 15.0 Å². The summed E-state index contributed by atoms with van der Waals surface area (Å²) < 4.78 is 171. The van der Waals surface area contributed by atoms with Crippen LogP contribution in [0.3, 0.4) is 0 Å². The molecule has 132 heavy (non-hydrogen) atoms. The number of hydrogen-bond donors (Lipinski definition) is 8. The van der Waals surface area contributed by atoms with Crippen molar-refractivity contribution in [3.63, 3.8) is 0 Å². The molecule has 11 heterocycles. The van der Waals surface area contributed by atoms with Crippen LogP contribution in [0.25, 0.3) is 55.8 Å². The summed E-state index contributed by atoms with van der Waals surface area (Å²) in [6.45, 7) is 22.4. The van der Waals surface area contributed by atoms with Crippen LogP contribution in [0.4, 0.5) is 50.9 Å². The molecule has 3 aromatic carbocycles. The molecule has 0 aliphatic carbocycles. The van der Waals surface area contributed by atoms with E-state index in [1.165, 1.54) is 52.0 Å². The third-order valence-corrected chi connectivity index (χ3v) is 19.0. The summed E-state index contributed by atoms with van der Waals surface area (Å²) in [4.78, 5) is 86.1. The molecular weight excluding hydrogens is 2130 g/mol. The Kier molecular flexibility index (Phi) is 48.1. The van der Waals surface area contributed by atoms with E-state index >= 15 is 0 Å². The Hall–Kier alpha value is -9.96. The van der Waals surface area contributed by atoms with Crippen LogP contribution in [-0.4, -0.2) is 154 Å². The molecule has 9 N–H and O–H groups in total. The van der Waals surface area contributed by atoms with Gasteiger partial charge in [0.15, 0.2) is 56.7 Å². The molecular formula is C78H90B2Br4ClF9N14O22V2-2. The van der Waals surface area contributed by atoms with Crippen molar-refractivity contribution in [3.05, 3.63) is 241 Å². The molecule has 0 saturated carbocycles. The Morgan fingerprint density at radius 1 is 0.545 bits per heavy atom. The number of aryl methyl sites for hydroxylation is 5. The average Bonchev–Trinajstić information content (AvgIpc) is 1.58. The summed E-state index contributed by atoms with van der Waals surface area (Å²) in [7, 11) is 1.63. The minimum absolute atomic E-state index is 0. The van der Waals surface area contributed by atoms with Crippen LogP contribution in [0.15, 0.2) is 184 Å². The quantitative estimate of drug-likeness (QED) is 0.0118. The van der Waals surface area contributed by atoms with Crippen LogP contribution < -0.4 is 58.7 Å². The molecule has 720 valence electrons. The predicted molar refractivity (Wildman–Crippen MR) is 482 cm³/mol. The predicted octanol–water partition coefficient (Wildman–Crippen LogP) is 15.6. The van der Waals surface area contributed by atoms with Crippen molar-refractivity contribution in [2.45, 2.75) is 127 Å². The fraction of sp³-hybridized carbons (Fsp3) is 0.308. The first-order valence-corrected chi connectivity index (χ1v) is 39.0. The van der Waals surface area contributed by atoms with Crippen molar-refractivity contribution in [3.8, 4) is 51.2 Å². The third kappa shape index (κ3) is 34.2. The van der Waals surface area contributed by atoms with Gasteiger partial charge >= 0.3 is 44.6 Å². The summed E-state index contributed by atoms with van der Waals surface area (Å²) in [5.41, 5.74) is 5.82. The van der Waals surface area contributed by atoms with Gasteiger partial charge in [0, 0.05) is 176 Å². The summed E-state index contributed by atoms with van der Waals surface area (Å²) in [6, 6.07) is 14.2. The van der Waals surface area contributed by atoms with Gasteiger partial charge in [-0.15, -0.1) is 51.9 Å². The average molecular weight is 2230 g/mol. The zero-order valence-corrected chi connectivity index (χ0v) is 80.8. The van der Waals surface area contributed by atoms with E-state index in [9.17, 15) is 73.6 Å². The van der Waals surface area contributed by atoms with Crippen molar-refractivity contribution in [1.82, 2.24) is 58.6 Å². The fourth-order valence-corrected chi connectivity index (χ4v) is 11.9. The van der Waals surface area contributed by atoms with Crippen molar-refractivity contribution >= 4 is 146 Å². The minimum atomic E-state index is -4.79. The number of alkyl halides is 9. The monoisotopic (exact) mass is 2220 g/mol. The fourth-order valence-electron chi connectivity index (χ4n) is 10.4. The molecule has 13 aromatic rings. The van der Waals surface area contributed by atoms with Gasteiger partial charge in [0.25, 0.3) is 28.2 Å². The van der Waals surface area contributed by atoms with E-state index < -0.39 is 76.5 Å². The molecule has 36 nitrogen and oxygen atoms in total. The van der Waals surface area contributed by atoms with Crippen LogP contribution in [0, 0.1) is 45.7 Å². The van der Waals surface area contributed by atoms with E-state index in [1.54, 1.807) is 68.9 Å². The van der Waals surface area contributed by atoms with Gasteiger partial charge in [0.05, 0.1) is 40.2 Å². The molecule has 1 aliphatic rings. The Labute approximate surface area is 810 Å². The second-order valence-electron chi connectivity index (χ2n) is 26.4. The number of nitrogens with one attached hydrogen (secondary N) is 3. The van der Waals surface area contributed by atoms with Crippen molar-refractivity contribution in [2.75, 3.05) is 25.6 Å². The van der Waals surface area contributed by atoms with Gasteiger partial charge in [-0.2, -0.15) is 10.2 Å². The van der Waals surface area contributed by atoms with Crippen molar-refractivity contribution in [2.24, 2.45) is 14.1 Å². The maximum absolute atomic E-state index is 12.9. The standard InChI is InChI=1S/C18H13F3N4O3.C14H8BrF3N2O3.C10H17BN2O2.C8H18O3.C7H6BF3O3.C7H5BrN2O2.C5H3BrN2O4.C5H5BrN2O2.2CH4.2CH3.ClH.2V/c1-10-23-15-16(27-10)14(11-7-22-24(2)8-11)9-25(17(15)26)12-3-5-13(6-4-12)28-18(19,20)21;1-7-19-11-12(22-7)10(15)6-20(13(11)21)8-2-4-9(5-3-8)23-14(16,17)18;1-9(2)10(3,4)15-11(14-9)8-6-12-13(5)7-8;1-5-9-8(4,10-6-2)11-7-3;9-7(10,11)14-6-3-1-5(2-4-6)8(12)13;1-3-10-5-6(12-3)4(8)2-9-7(5)11;6-2-1-7-5(10)3(4(2)9)8(11)12;6-2-1-8-5(10)3(7)4(2)9;;;;;;;/h3-9H,1-2H3;2-6H,1H3;6-7H,1-5H3;5-7H2,1-4H3;1-4,12-13H;2H,1H3,(H,9,11);1H,(H2,7,9,10);1H,7H2,(H2,8,9,10);2*1H4;2*1H3;1H;;/q;;;;;;;;;;2*-1;;;. The molecule has 0 unspecified atom stereocenters. The largest absolute Gasteiger partial charge is 0.573 e. The second kappa shape index (κ2) is 52.1. The molecule has 2 radical (unpaired) electrons. The Morgan fingerprint density at radius 2 is 0.909 bits per heavy atom. The first-order valence-electron chi connectivity index (χ1n) is 35.8. The number of aromatic nitrogens is 12. The first kappa shape index (κ1) is 122. The number of aromatic amines is 3. The third-order valence-electron chi connectivity index (χ3n) is 16.6. The van der Waals surface area contributed by atoms with Gasteiger partial charge < -0.3 is 107 Å². The summed E-state index contributed by atoms with van der Waals surface area (Å²) in [5, 5.41) is 53.7. The molecule has 0 amide bonds. The smallest absolute Gasteiger partial charge is 0.504 e. The van der Waals surface area contributed by atoms with Gasteiger partial charge in [0.1, 0.15) is 22.9 Å². The van der Waals surface area contributed by atoms with Crippen LogP contribution in [0.5, 0.6) is 28.7 Å². The molecule has 1 saturated heterocycles. The normalized spacial score (nSPS) is 12.0.